The lowest BCUT2D eigenvalue weighted by Gasteiger charge is -2.26. The van der Waals surface area contributed by atoms with Crippen LogP contribution in [0.3, 0.4) is 0 Å². The van der Waals surface area contributed by atoms with Gasteiger partial charge in [0.1, 0.15) is 0 Å². The first-order valence-corrected chi connectivity index (χ1v) is 10.5. The number of sulfonamides is 1. The number of nitrogens with one attached hydrogen (secondary N) is 1. The molecule has 0 radical (unpaired) electrons. The van der Waals surface area contributed by atoms with Crippen LogP contribution in [0.25, 0.3) is 5.57 Å². The summed E-state index contributed by atoms with van der Waals surface area (Å²) in [5.74, 6) is -1.02. The number of benzene rings is 2. The summed E-state index contributed by atoms with van der Waals surface area (Å²) >= 11 is 0. The molecule has 0 spiro atoms. The van der Waals surface area contributed by atoms with Crippen LogP contribution in [-0.2, 0) is 19.6 Å². The molecule has 160 valence electrons. The minimum absolute atomic E-state index is 0.0646. The Kier molecular flexibility index (Phi) is 6.59. The predicted molar refractivity (Wildman–Crippen MR) is 105 cm³/mol. The number of hydrogen-bond donors (Lipinski definition) is 1. The van der Waals surface area contributed by atoms with Gasteiger partial charge >= 0.3 is 6.18 Å². The fourth-order valence-electron chi connectivity index (χ4n) is 2.93. The molecule has 1 amide bonds. The highest BCUT2D eigenvalue weighted by Gasteiger charge is 2.35. The Morgan fingerprint density at radius 3 is 2.33 bits per heavy atom. The van der Waals surface area contributed by atoms with Gasteiger partial charge in [-0.15, -0.1) is 0 Å². The Balaban J connectivity index is 1.83. The predicted octanol–water partition coefficient (Wildman–Crippen LogP) is 3.29. The van der Waals surface area contributed by atoms with E-state index in [0.717, 1.165) is 0 Å². The first-order valence-electron chi connectivity index (χ1n) is 9.01. The van der Waals surface area contributed by atoms with E-state index in [2.05, 4.69) is 5.32 Å². The van der Waals surface area contributed by atoms with Crippen LogP contribution >= 0.6 is 0 Å². The van der Waals surface area contributed by atoms with Gasteiger partial charge in [0.25, 0.3) is 0 Å². The number of rotatable bonds is 5. The maximum atomic E-state index is 13.4. The molecule has 6 nitrogen and oxygen atoms in total. The largest absolute Gasteiger partial charge is 0.417 e. The third-order valence-corrected chi connectivity index (χ3v) is 6.27. The quantitative estimate of drug-likeness (QED) is 0.724. The van der Waals surface area contributed by atoms with E-state index in [0.29, 0.717) is 6.08 Å². The maximum Gasteiger partial charge on any atom is 0.417 e. The van der Waals surface area contributed by atoms with E-state index in [9.17, 15) is 26.4 Å². The molecule has 1 heterocycles. The molecule has 0 atom stereocenters. The zero-order chi connectivity index (χ0) is 21.8. The van der Waals surface area contributed by atoms with Crippen molar-refractivity contribution in [2.24, 2.45) is 0 Å². The van der Waals surface area contributed by atoms with Crippen LogP contribution in [0.1, 0.15) is 5.56 Å². The zero-order valence-corrected chi connectivity index (χ0v) is 16.5. The molecule has 2 aromatic rings. The van der Waals surface area contributed by atoms with Crippen molar-refractivity contribution in [2.75, 3.05) is 31.6 Å². The van der Waals surface area contributed by atoms with Crippen molar-refractivity contribution in [1.82, 2.24) is 4.31 Å². The van der Waals surface area contributed by atoms with Crippen LogP contribution < -0.4 is 5.32 Å². The smallest absolute Gasteiger partial charge is 0.379 e. The van der Waals surface area contributed by atoms with Crippen LogP contribution in [0.2, 0.25) is 0 Å². The number of carbonyl (C=O) groups is 1. The van der Waals surface area contributed by atoms with E-state index in [1.54, 1.807) is 6.07 Å². The summed E-state index contributed by atoms with van der Waals surface area (Å²) in [6.07, 6.45) is -4.28. The lowest BCUT2D eigenvalue weighted by Crippen LogP contribution is -2.40. The van der Waals surface area contributed by atoms with Crippen LogP contribution in [0, 0.1) is 0 Å². The molecule has 0 unspecified atom stereocenters. The highest BCUT2D eigenvalue weighted by atomic mass is 32.2. The van der Waals surface area contributed by atoms with E-state index in [1.165, 1.54) is 52.8 Å². The molecule has 2 aromatic carbocycles. The van der Waals surface area contributed by atoms with Crippen LogP contribution in [0.4, 0.5) is 18.9 Å². The first kappa shape index (κ1) is 22.0. The van der Waals surface area contributed by atoms with Crippen molar-refractivity contribution in [1.29, 1.82) is 0 Å². The molecule has 1 N–H and O–H groups in total. The normalized spacial score (nSPS) is 16.3. The molecule has 1 aliphatic rings. The zero-order valence-electron chi connectivity index (χ0n) is 15.7. The van der Waals surface area contributed by atoms with Crippen molar-refractivity contribution < 1.29 is 31.1 Å². The summed E-state index contributed by atoms with van der Waals surface area (Å²) in [6.45, 7) is 0.960. The van der Waals surface area contributed by atoms with Crippen molar-refractivity contribution >= 4 is 27.2 Å². The highest BCUT2D eigenvalue weighted by Crippen LogP contribution is 2.33. The number of morpholine rings is 1. The van der Waals surface area contributed by atoms with Gasteiger partial charge in [-0.25, -0.2) is 8.42 Å². The van der Waals surface area contributed by atoms with Crippen molar-refractivity contribution in [3.05, 3.63) is 66.2 Å². The summed E-state index contributed by atoms with van der Waals surface area (Å²) in [7, 11) is -3.80. The van der Waals surface area contributed by atoms with Crippen LogP contribution in [-0.4, -0.2) is 51.1 Å². The third-order valence-electron chi connectivity index (χ3n) is 4.38. The van der Waals surface area contributed by atoms with E-state index in [-0.39, 0.29) is 42.4 Å². The Hall–Kier alpha value is -2.69. The molecular formula is C20H19F3N2O4S. The van der Waals surface area contributed by atoms with Gasteiger partial charge in [-0.3, -0.25) is 4.79 Å². The Labute approximate surface area is 172 Å². The van der Waals surface area contributed by atoms with E-state index in [1.807, 2.05) is 0 Å². The number of alkyl halides is 3. The molecule has 1 saturated heterocycles. The first-order chi connectivity index (χ1) is 14.2. The van der Waals surface area contributed by atoms with Gasteiger partial charge in [-0.2, -0.15) is 17.5 Å². The molecule has 0 aliphatic carbocycles. The molecule has 1 fully saturated rings. The minimum Gasteiger partial charge on any atom is -0.379 e. The second-order valence-corrected chi connectivity index (χ2v) is 8.39. The fraction of sp³-hybridized carbons (Fsp3) is 0.250. The molecule has 0 saturated carbocycles. The lowest BCUT2D eigenvalue weighted by atomic mass is 10.1. The van der Waals surface area contributed by atoms with Gasteiger partial charge in [-0.1, -0.05) is 36.4 Å². The second kappa shape index (κ2) is 8.99. The van der Waals surface area contributed by atoms with E-state index < -0.39 is 27.7 Å². The summed E-state index contributed by atoms with van der Waals surface area (Å²) in [5.41, 5.74) is -1.18. The summed E-state index contributed by atoms with van der Waals surface area (Å²) in [6, 6.07) is 12.3. The number of halogens is 3. The van der Waals surface area contributed by atoms with Gasteiger partial charge in [0.2, 0.25) is 15.9 Å². The van der Waals surface area contributed by atoms with Gasteiger partial charge in [0, 0.05) is 24.9 Å². The van der Waals surface area contributed by atoms with Crippen LogP contribution in [0.15, 0.2) is 65.6 Å². The van der Waals surface area contributed by atoms with Crippen molar-refractivity contribution in [3.63, 3.8) is 0 Å². The molecular weight excluding hydrogens is 421 g/mol. The summed E-state index contributed by atoms with van der Waals surface area (Å²) < 4.78 is 72.0. The molecule has 1 aliphatic heterocycles. The number of carbonyl (C=O) groups excluding carboxylic acids is 1. The number of nitrogens with zero attached hydrogens (tertiary/aromatic N) is 1. The highest BCUT2D eigenvalue weighted by molar-refractivity contribution is 7.89. The minimum atomic E-state index is -4.74. The monoisotopic (exact) mass is 440 g/mol. The average molecular weight is 440 g/mol. The van der Waals surface area contributed by atoms with Crippen LogP contribution in [0.5, 0.6) is 0 Å². The third kappa shape index (κ3) is 5.26. The molecule has 0 aromatic heterocycles. The summed E-state index contributed by atoms with van der Waals surface area (Å²) in [4.78, 5) is 12.2. The van der Waals surface area contributed by atoms with Gasteiger partial charge in [0.05, 0.1) is 23.7 Å². The lowest BCUT2D eigenvalue weighted by molar-refractivity contribution is -0.112. The van der Waals surface area contributed by atoms with Gasteiger partial charge in [0.15, 0.2) is 0 Å². The molecule has 30 heavy (non-hydrogen) atoms. The van der Waals surface area contributed by atoms with Gasteiger partial charge < -0.3 is 10.1 Å². The Morgan fingerprint density at radius 2 is 1.70 bits per heavy atom. The standard InChI is InChI=1S/C20H19F3N2O4S/c21-20(22,23)18(15-5-2-1-3-6-15)14-19(26)24-16-7-4-8-17(13-16)30(27,28)25-9-11-29-12-10-25/h1-8,13-14H,9-12H2,(H,24,26)/b18-14+. The van der Waals surface area contributed by atoms with Gasteiger partial charge in [-0.05, 0) is 23.8 Å². The SMILES string of the molecule is O=C(/C=C(\c1ccccc1)C(F)(F)F)Nc1cccc(S(=O)(=O)N2CCOCC2)c1. The molecule has 10 heteroatoms. The fourth-order valence-corrected chi connectivity index (χ4v) is 4.38. The van der Waals surface area contributed by atoms with Crippen molar-refractivity contribution in [2.45, 2.75) is 11.1 Å². The number of amides is 1. The number of hydrogen-bond acceptors (Lipinski definition) is 4. The second-order valence-electron chi connectivity index (χ2n) is 6.46. The number of anilines is 1. The Bertz CT molecular complexity index is 1030. The molecule has 3 rings (SSSR count). The van der Waals surface area contributed by atoms with Crippen molar-refractivity contribution in [3.8, 4) is 0 Å². The Morgan fingerprint density at radius 1 is 1.03 bits per heavy atom. The van der Waals surface area contributed by atoms with E-state index in [4.69, 9.17) is 4.74 Å². The number of ether oxygens (including phenoxy) is 1. The van der Waals surface area contributed by atoms with E-state index >= 15 is 0 Å². The maximum absolute atomic E-state index is 13.4. The topological polar surface area (TPSA) is 75.7 Å². The molecule has 0 bridgehead atoms. The average Bonchev–Trinajstić information content (AvgIpc) is 2.73. The summed E-state index contributed by atoms with van der Waals surface area (Å²) in [5, 5.41) is 2.31. The number of allylic oxidation sites excluding steroid dienone is 1.